The molecule has 0 aliphatic carbocycles. The quantitative estimate of drug-likeness (QED) is 0.838. The Morgan fingerprint density at radius 3 is 1.61 bits per heavy atom. The number of benzene rings is 2. The molecule has 0 aromatic heterocycles. The summed E-state index contributed by atoms with van der Waals surface area (Å²) in [4.78, 5) is 0. The number of ether oxygens (including phenoxy) is 2. The van der Waals surface area contributed by atoms with Gasteiger partial charge in [0.2, 0.25) is 0 Å². The number of methoxy groups -OCH3 is 2. The third-order valence-electron chi connectivity index (χ3n) is 3.30. The summed E-state index contributed by atoms with van der Waals surface area (Å²) < 4.78 is 10.1. The molecule has 23 heavy (non-hydrogen) atoms. The Labute approximate surface area is 135 Å². The van der Waals surface area contributed by atoms with E-state index in [1.807, 2.05) is 36.4 Å². The Balaban J connectivity index is 1.96. The molecule has 2 N–H and O–H groups in total. The van der Waals surface area contributed by atoms with Crippen LogP contribution in [0.2, 0.25) is 0 Å². The van der Waals surface area contributed by atoms with Gasteiger partial charge in [0.15, 0.2) is 23.0 Å². The van der Waals surface area contributed by atoms with E-state index < -0.39 is 0 Å². The van der Waals surface area contributed by atoms with Gasteiger partial charge in [-0.3, -0.25) is 0 Å². The maximum Gasteiger partial charge on any atom is 0.161 e. The van der Waals surface area contributed by atoms with E-state index in [2.05, 4.69) is 0 Å². The second-order valence-corrected chi connectivity index (χ2v) is 4.90. The maximum atomic E-state index is 9.54. The fourth-order valence-corrected chi connectivity index (χ4v) is 2.08. The molecule has 0 fully saturated rings. The summed E-state index contributed by atoms with van der Waals surface area (Å²) in [5.41, 5.74) is 1.92. The Kier molecular flexibility index (Phi) is 5.69. The van der Waals surface area contributed by atoms with Crippen molar-refractivity contribution >= 4 is 12.2 Å². The number of hydrogen-bond donors (Lipinski definition) is 2. The van der Waals surface area contributed by atoms with Gasteiger partial charge >= 0.3 is 0 Å². The summed E-state index contributed by atoms with van der Waals surface area (Å²) in [6.07, 6.45) is 8.71. The minimum atomic E-state index is 0.130. The topological polar surface area (TPSA) is 58.9 Å². The number of rotatable bonds is 6. The van der Waals surface area contributed by atoms with E-state index >= 15 is 0 Å². The first-order chi connectivity index (χ1) is 11.1. The molecular weight excluding hydrogens is 292 g/mol. The van der Waals surface area contributed by atoms with E-state index in [-0.39, 0.29) is 11.5 Å². The highest BCUT2D eigenvalue weighted by Crippen LogP contribution is 2.27. The minimum Gasteiger partial charge on any atom is -0.504 e. The first-order valence-corrected chi connectivity index (χ1v) is 7.21. The number of phenols is 2. The molecule has 2 aromatic rings. The molecule has 4 heteroatoms. The molecule has 120 valence electrons. The highest BCUT2D eigenvalue weighted by Gasteiger charge is 2.00. The van der Waals surface area contributed by atoms with Gasteiger partial charge in [-0.2, -0.15) is 0 Å². The second-order valence-electron chi connectivity index (χ2n) is 4.90. The van der Waals surface area contributed by atoms with Crippen LogP contribution in [-0.2, 0) is 0 Å². The third-order valence-corrected chi connectivity index (χ3v) is 3.30. The lowest BCUT2D eigenvalue weighted by Gasteiger charge is -2.03. The van der Waals surface area contributed by atoms with Crippen molar-refractivity contribution in [2.75, 3.05) is 14.2 Å². The molecule has 0 aliphatic heterocycles. The van der Waals surface area contributed by atoms with Crippen molar-refractivity contribution in [1.29, 1.82) is 0 Å². The zero-order valence-corrected chi connectivity index (χ0v) is 13.2. The van der Waals surface area contributed by atoms with Gasteiger partial charge in [-0.1, -0.05) is 36.4 Å². The lowest BCUT2D eigenvalue weighted by atomic mass is 10.1. The van der Waals surface area contributed by atoms with E-state index in [9.17, 15) is 10.2 Å². The molecule has 0 amide bonds. The Hall–Kier alpha value is -2.88. The molecular formula is C19H20O4. The molecule has 4 nitrogen and oxygen atoms in total. The molecule has 0 saturated heterocycles. The first kappa shape index (κ1) is 16.5. The number of allylic oxidation sites excluding steroid dienone is 2. The zero-order valence-electron chi connectivity index (χ0n) is 13.2. The Bertz CT molecular complexity index is 656. The van der Waals surface area contributed by atoms with Gasteiger partial charge < -0.3 is 19.7 Å². The van der Waals surface area contributed by atoms with Gasteiger partial charge in [-0.25, -0.2) is 0 Å². The molecule has 0 bridgehead atoms. The second kappa shape index (κ2) is 7.94. The fourth-order valence-electron chi connectivity index (χ4n) is 2.08. The lowest BCUT2D eigenvalue weighted by molar-refractivity contribution is 0.373. The summed E-state index contributed by atoms with van der Waals surface area (Å²) in [6.45, 7) is 0. The summed E-state index contributed by atoms with van der Waals surface area (Å²) in [7, 11) is 3.05. The molecule has 0 unspecified atom stereocenters. The largest absolute Gasteiger partial charge is 0.504 e. The van der Waals surface area contributed by atoms with Crippen LogP contribution in [0, 0.1) is 0 Å². The summed E-state index contributed by atoms with van der Waals surface area (Å²) in [5, 5.41) is 19.1. The first-order valence-electron chi connectivity index (χ1n) is 7.21. The average molecular weight is 312 g/mol. The highest BCUT2D eigenvalue weighted by molar-refractivity contribution is 5.57. The van der Waals surface area contributed by atoms with Crippen molar-refractivity contribution in [3.8, 4) is 23.0 Å². The zero-order chi connectivity index (χ0) is 16.7. The van der Waals surface area contributed by atoms with Crippen LogP contribution < -0.4 is 9.47 Å². The van der Waals surface area contributed by atoms with Crippen LogP contribution in [-0.4, -0.2) is 24.4 Å². The number of phenolic OH excluding ortho intramolecular Hbond substituents is 2. The van der Waals surface area contributed by atoms with E-state index in [0.29, 0.717) is 11.5 Å². The normalized spacial score (nSPS) is 11.2. The van der Waals surface area contributed by atoms with E-state index in [1.54, 1.807) is 24.3 Å². The molecule has 0 heterocycles. The predicted octanol–water partition coefficient (Wildman–Crippen LogP) is 4.23. The molecule has 0 atom stereocenters. The van der Waals surface area contributed by atoms with Crippen LogP contribution in [0.3, 0.4) is 0 Å². The van der Waals surface area contributed by atoms with Crippen LogP contribution in [0.15, 0.2) is 48.6 Å². The van der Waals surface area contributed by atoms with Crippen molar-refractivity contribution in [2.24, 2.45) is 0 Å². The smallest absolute Gasteiger partial charge is 0.161 e. The third kappa shape index (κ3) is 4.54. The van der Waals surface area contributed by atoms with Crippen LogP contribution in [0.5, 0.6) is 23.0 Å². The lowest BCUT2D eigenvalue weighted by Crippen LogP contribution is -1.84. The van der Waals surface area contributed by atoms with Crippen molar-refractivity contribution < 1.29 is 19.7 Å². The number of aromatic hydroxyl groups is 2. The molecule has 2 rings (SSSR count). The van der Waals surface area contributed by atoms with Crippen LogP contribution in [0.1, 0.15) is 17.5 Å². The molecule has 0 spiro atoms. The highest BCUT2D eigenvalue weighted by atomic mass is 16.5. The predicted molar refractivity (Wildman–Crippen MR) is 92.0 cm³/mol. The van der Waals surface area contributed by atoms with E-state index in [4.69, 9.17) is 9.47 Å². The van der Waals surface area contributed by atoms with Crippen molar-refractivity contribution in [3.63, 3.8) is 0 Å². The van der Waals surface area contributed by atoms with Crippen LogP contribution in [0.25, 0.3) is 12.2 Å². The summed E-state index contributed by atoms with van der Waals surface area (Å²) in [5.74, 6) is 1.18. The standard InChI is InChI=1S/C19H20O4/c1-22-18-12-14(8-10-16(18)20)6-4-3-5-7-15-9-11-17(21)19(13-15)23-2/h4-13,20-21H,3H2,1-2H3. The molecule has 0 radical (unpaired) electrons. The summed E-state index contributed by atoms with van der Waals surface area (Å²) >= 11 is 0. The molecule has 0 saturated carbocycles. The SMILES string of the molecule is COc1cc(C=CCC=Cc2ccc(O)c(OC)c2)ccc1O. The van der Waals surface area contributed by atoms with Gasteiger partial charge in [0.05, 0.1) is 14.2 Å². The van der Waals surface area contributed by atoms with Crippen LogP contribution >= 0.6 is 0 Å². The summed E-state index contributed by atoms with van der Waals surface area (Å²) in [6, 6.07) is 10.4. The van der Waals surface area contributed by atoms with Gasteiger partial charge in [0.25, 0.3) is 0 Å². The fraction of sp³-hybridized carbons (Fsp3) is 0.158. The monoisotopic (exact) mass is 312 g/mol. The van der Waals surface area contributed by atoms with Gasteiger partial charge in [-0.05, 0) is 41.8 Å². The number of hydrogen-bond acceptors (Lipinski definition) is 4. The van der Waals surface area contributed by atoms with Crippen molar-refractivity contribution in [1.82, 2.24) is 0 Å². The maximum absolute atomic E-state index is 9.54. The minimum absolute atomic E-state index is 0.130. The van der Waals surface area contributed by atoms with E-state index in [0.717, 1.165) is 17.5 Å². The van der Waals surface area contributed by atoms with E-state index in [1.165, 1.54) is 14.2 Å². The average Bonchev–Trinajstić information content (AvgIpc) is 2.57. The Morgan fingerprint density at radius 2 is 1.22 bits per heavy atom. The molecule has 0 aliphatic rings. The van der Waals surface area contributed by atoms with Crippen molar-refractivity contribution in [2.45, 2.75) is 6.42 Å². The Morgan fingerprint density at radius 1 is 0.783 bits per heavy atom. The van der Waals surface area contributed by atoms with Crippen LogP contribution in [0.4, 0.5) is 0 Å². The van der Waals surface area contributed by atoms with Gasteiger partial charge in [-0.15, -0.1) is 0 Å². The molecule has 2 aromatic carbocycles. The van der Waals surface area contributed by atoms with Gasteiger partial charge in [0, 0.05) is 0 Å². The van der Waals surface area contributed by atoms with Crippen molar-refractivity contribution in [3.05, 3.63) is 59.7 Å². The van der Waals surface area contributed by atoms with Gasteiger partial charge in [0.1, 0.15) is 0 Å².